The van der Waals surface area contributed by atoms with Gasteiger partial charge in [0.05, 0.1) is 0 Å². The van der Waals surface area contributed by atoms with E-state index in [0.29, 0.717) is 0 Å². The van der Waals surface area contributed by atoms with E-state index in [9.17, 15) is 0 Å². The first-order chi connectivity index (χ1) is 4.42. The van der Waals surface area contributed by atoms with E-state index in [1.54, 1.807) is 12.8 Å². The van der Waals surface area contributed by atoms with Crippen LogP contribution in [-0.4, -0.2) is 0 Å². The van der Waals surface area contributed by atoms with Gasteiger partial charge < -0.3 is 0 Å². The van der Waals surface area contributed by atoms with Crippen molar-refractivity contribution >= 4 is 0 Å². The van der Waals surface area contributed by atoms with Crippen LogP contribution >= 0.6 is 0 Å². The maximum atomic E-state index is 2.37. The maximum absolute atomic E-state index is 2.37. The molecule has 0 bridgehead atoms. The molecule has 2 atom stereocenters. The van der Waals surface area contributed by atoms with Crippen molar-refractivity contribution in [1.82, 2.24) is 0 Å². The van der Waals surface area contributed by atoms with E-state index < -0.39 is 0 Å². The standard InChI is InChI=1S/C9H14/c1-2-6-7-3-5-4-8(6)9(5)7/h5-9H,2-4H2,1H3. The highest BCUT2D eigenvalue weighted by molar-refractivity contribution is 5.15. The van der Waals surface area contributed by atoms with Gasteiger partial charge in [0.1, 0.15) is 0 Å². The van der Waals surface area contributed by atoms with Crippen LogP contribution in [-0.2, 0) is 0 Å². The molecular formula is C9H14. The molecule has 50 valence electrons. The predicted molar refractivity (Wildman–Crippen MR) is 37.0 cm³/mol. The van der Waals surface area contributed by atoms with Crippen LogP contribution in [0.25, 0.3) is 0 Å². The highest BCUT2D eigenvalue weighted by atomic mass is 14.7. The van der Waals surface area contributed by atoms with Crippen molar-refractivity contribution in [1.29, 1.82) is 0 Å². The Bertz CT molecular complexity index is 136. The molecule has 9 heavy (non-hydrogen) atoms. The third-order valence-electron chi connectivity index (χ3n) is 4.25. The summed E-state index contributed by atoms with van der Waals surface area (Å²) in [6, 6.07) is 0. The van der Waals surface area contributed by atoms with Gasteiger partial charge in [-0.05, 0) is 42.4 Å². The summed E-state index contributed by atoms with van der Waals surface area (Å²) in [4.78, 5) is 0. The first kappa shape index (κ1) is 4.76. The SMILES string of the molecule is CCC1C2CC3CC1C32. The normalized spacial score (nSPS) is 67.0. The van der Waals surface area contributed by atoms with E-state index in [1.165, 1.54) is 36.0 Å². The lowest BCUT2D eigenvalue weighted by Gasteiger charge is -2.73. The van der Waals surface area contributed by atoms with Gasteiger partial charge in [-0.25, -0.2) is 0 Å². The molecule has 0 aliphatic heterocycles. The zero-order chi connectivity index (χ0) is 6.01. The van der Waals surface area contributed by atoms with E-state index in [4.69, 9.17) is 0 Å². The summed E-state index contributed by atoms with van der Waals surface area (Å²) >= 11 is 0. The minimum atomic E-state index is 1.18. The fourth-order valence-corrected chi connectivity index (χ4v) is 3.75. The highest BCUT2D eigenvalue weighted by Crippen LogP contribution is 2.73. The molecule has 0 saturated heterocycles. The second kappa shape index (κ2) is 1.21. The second-order valence-corrected chi connectivity index (χ2v) is 4.21. The van der Waals surface area contributed by atoms with Crippen LogP contribution in [0, 0.1) is 29.6 Å². The molecule has 2 unspecified atom stereocenters. The zero-order valence-corrected chi connectivity index (χ0v) is 6.01. The van der Waals surface area contributed by atoms with Crippen LogP contribution in [0.1, 0.15) is 26.2 Å². The van der Waals surface area contributed by atoms with Gasteiger partial charge >= 0.3 is 0 Å². The molecule has 0 heterocycles. The van der Waals surface area contributed by atoms with Crippen molar-refractivity contribution < 1.29 is 0 Å². The molecule has 0 aromatic heterocycles. The lowest BCUT2D eigenvalue weighted by atomic mass is 9.32. The lowest BCUT2D eigenvalue weighted by Crippen LogP contribution is -2.67. The van der Waals surface area contributed by atoms with Crippen LogP contribution in [0.3, 0.4) is 0 Å². The Morgan fingerprint density at radius 1 is 1.22 bits per heavy atom. The minimum Gasteiger partial charge on any atom is -0.0651 e. The van der Waals surface area contributed by atoms with E-state index in [2.05, 4.69) is 6.92 Å². The second-order valence-electron chi connectivity index (χ2n) is 4.21. The quantitative estimate of drug-likeness (QED) is 0.500. The molecule has 0 N–H and O–H groups in total. The Morgan fingerprint density at radius 3 is 2.11 bits per heavy atom. The Morgan fingerprint density at radius 2 is 1.89 bits per heavy atom. The fourth-order valence-electron chi connectivity index (χ4n) is 3.75. The zero-order valence-electron chi connectivity index (χ0n) is 6.01. The molecule has 3 aliphatic rings. The van der Waals surface area contributed by atoms with Gasteiger partial charge in [0.15, 0.2) is 0 Å². The summed E-state index contributed by atoms with van der Waals surface area (Å²) in [5.74, 6) is 6.11. The molecule has 3 rings (SSSR count). The molecule has 3 aliphatic carbocycles. The van der Waals surface area contributed by atoms with Gasteiger partial charge in [-0.15, -0.1) is 0 Å². The highest BCUT2D eigenvalue weighted by Gasteiger charge is 2.66. The van der Waals surface area contributed by atoms with Crippen molar-refractivity contribution in [3.63, 3.8) is 0 Å². The first-order valence-electron chi connectivity index (χ1n) is 4.42. The summed E-state index contributed by atoms with van der Waals surface area (Å²) in [6.45, 7) is 2.37. The predicted octanol–water partition coefficient (Wildman–Crippen LogP) is 2.30. The molecule has 0 nitrogen and oxygen atoms in total. The van der Waals surface area contributed by atoms with Crippen LogP contribution < -0.4 is 0 Å². The van der Waals surface area contributed by atoms with Gasteiger partial charge in [0.25, 0.3) is 0 Å². The van der Waals surface area contributed by atoms with Crippen LogP contribution in [0.2, 0.25) is 0 Å². The molecule has 0 amide bonds. The average Bonchev–Trinajstić information content (AvgIpc) is 1.87. The third kappa shape index (κ3) is 0.320. The van der Waals surface area contributed by atoms with Crippen molar-refractivity contribution in [2.45, 2.75) is 26.2 Å². The topological polar surface area (TPSA) is 0 Å². The van der Waals surface area contributed by atoms with Gasteiger partial charge in [0.2, 0.25) is 0 Å². The third-order valence-corrected chi connectivity index (χ3v) is 4.25. The average molecular weight is 122 g/mol. The van der Waals surface area contributed by atoms with Crippen molar-refractivity contribution in [2.24, 2.45) is 29.6 Å². The van der Waals surface area contributed by atoms with Crippen molar-refractivity contribution in [3.8, 4) is 0 Å². The Labute approximate surface area is 56.6 Å². The first-order valence-corrected chi connectivity index (χ1v) is 4.42. The number of hydrogen-bond donors (Lipinski definition) is 0. The smallest absolute Gasteiger partial charge is 0.0323 e. The maximum Gasteiger partial charge on any atom is -0.0323 e. The van der Waals surface area contributed by atoms with E-state index in [1.807, 2.05) is 0 Å². The summed E-state index contributed by atoms with van der Waals surface area (Å²) < 4.78 is 0. The molecule has 3 saturated carbocycles. The summed E-state index contributed by atoms with van der Waals surface area (Å²) in [7, 11) is 0. The van der Waals surface area contributed by atoms with Crippen molar-refractivity contribution in [2.75, 3.05) is 0 Å². The molecular weight excluding hydrogens is 108 g/mol. The largest absolute Gasteiger partial charge is 0.0651 e. The Hall–Kier alpha value is 0. The van der Waals surface area contributed by atoms with E-state index in [0.717, 1.165) is 0 Å². The van der Waals surface area contributed by atoms with Gasteiger partial charge in [0, 0.05) is 0 Å². The van der Waals surface area contributed by atoms with Crippen LogP contribution in [0.4, 0.5) is 0 Å². The molecule has 0 spiro atoms. The molecule has 0 radical (unpaired) electrons. The lowest BCUT2D eigenvalue weighted by molar-refractivity contribution is -0.246. The Balaban J connectivity index is 1.82. The summed E-state index contributed by atoms with van der Waals surface area (Å²) in [5, 5.41) is 0. The van der Waals surface area contributed by atoms with Crippen LogP contribution in [0.5, 0.6) is 0 Å². The number of rotatable bonds is 1. The van der Waals surface area contributed by atoms with Gasteiger partial charge in [-0.1, -0.05) is 13.3 Å². The number of hydrogen-bond acceptors (Lipinski definition) is 0. The molecule has 0 heteroatoms. The van der Waals surface area contributed by atoms with Gasteiger partial charge in [-0.3, -0.25) is 0 Å². The summed E-state index contributed by atoms with van der Waals surface area (Å²) in [5.41, 5.74) is 0. The Kier molecular flexibility index (Phi) is 0.640. The molecule has 0 aromatic rings. The van der Waals surface area contributed by atoms with Gasteiger partial charge in [-0.2, -0.15) is 0 Å². The molecule has 3 fully saturated rings. The monoisotopic (exact) mass is 122 g/mol. The van der Waals surface area contributed by atoms with E-state index in [-0.39, 0.29) is 0 Å². The van der Waals surface area contributed by atoms with E-state index >= 15 is 0 Å². The summed E-state index contributed by atoms with van der Waals surface area (Å²) in [6.07, 6.45) is 4.69. The minimum absolute atomic E-state index is 1.18. The van der Waals surface area contributed by atoms with Crippen LogP contribution in [0.15, 0.2) is 0 Å². The fraction of sp³-hybridized carbons (Fsp3) is 1.00. The van der Waals surface area contributed by atoms with Crippen molar-refractivity contribution in [3.05, 3.63) is 0 Å². The molecule has 0 aromatic carbocycles.